The van der Waals surface area contributed by atoms with Crippen molar-refractivity contribution in [3.8, 4) is 0 Å². The van der Waals surface area contributed by atoms with E-state index in [1.54, 1.807) is 0 Å². The number of para-hydroxylation sites is 2. The number of aryl methyl sites for hydroxylation is 2. The van der Waals surface area contributed by atoms with Crippen LogP contribution in [0, 0.1) is 13.8 Å². The highest BCUT2D eigenvalue weighted by Gasteiger charge is 2.31. The van der Waals surface area contributed by atoms with E-state index in [0.29, 0.717) is 5.92 Å². The van der Waals surface area contributed by atoms with E-state index in [-0.39, 0.29) is 0 Å². The minimum absolute atomic E-state index is 0.477. The fourth-order valence-corrected chi connectivity index (χ4v) is 3.71. The number of fused-ring (bicyclic) bond motifs is 2. The van der Waals surface area contributed by atoms with Crippen LogP contribution in [0.25, 0.3) is 16.7 Å². The van der Waals surface area contributed by atoms with Crippen LogP contribution in [0.1, 0.15) is 28.7 Å². The first-order chi connectivity index (χ1) is 12.2. The molecule has 0 atom stereocenters. The quantitative estimate of drug-likeness (QED) is 0.627. The van der Waals surface area contributed by atoms with E-state index < -0.39 is 0 Å². The minimum Gasteiger partial charge on any atom is -0.342 e. The number of rotatable bonds is 3. The maximum Gasteiger partial charge on any atom is 0.159 e. The SMILES string of the molecule is Cc1cc(C)n2ncc(CN3CC(c4nc5ccccc5[nH]4)C3)c2n1. The highest BCUT2D eigenvalue weighted by atomic mass is 15.3. The molecule has 4 aromatic rings. The van der Waals surface area contributed by atoms with E-state index >= 15 is 0 Å². The number of hydrogen-bond acceptors (Lipinski definition) is 4. The monoisotopic (exact) mass is 332 g/mol. The van der Waals surface area contributed by atoms with Gasteiger partial charge in [0.2, 0.25) is 0 Å². The van der Waals surface area contributed by atoms with Crippen LogP contribution in [0.5, 0.6) is 0 Å². The molecule has 1 aliphatic heterocycles. The Bertz CT molecular complexity index is 1040. The first-order valence-corrected chi connectivity index (χ1v) is 8.65. The third kappa shape index (κ3) is 2.41. The highest BCUT2D eigenvalue weighted by Crippen LogP contribution is 2.28. The van der Waals surface area contributed by atoms with Gasteiger partial charge < -0.3 is 4.98 Å². The van der Waals surface area contributed by atoms with Crippen molar-refractivity contribution in [2.75, 3.05) is 13.1 Å². The second kappa shape index (κ2) is 5.39. The molecule has 126 valence electrons. The molecular weight excluding hydrogens is 312 g/mol. The molecule has 0 saturated carbocycles. The number of H-pyrrole nitrogens is 1. The van der Waals surface area contributed by atoms with E-state index in [4.69, 9.17) is 4.98 Å². The maximum atomic E-state index is 4.73. The van der Waals surface area contributed by atoms with E-state index in [9.17, 15) is 0 Å². The summed E-state index contributed by atoms with van der Waals surface area (Å²) < 4.78 is 1.93. The molecule has 0 amide bonds. The number of aromatic nitrogens is 5. The predicted octanol–water partition coefficient (Wildman–Crippen LogP) is 2.82. The standard InChI is InChI=1S/C19H20N6/c1-12-7-13(2)25-19(21-12)14(8-20-25)9-24-10-15(11-24)18-22-16-5-3-4-6-17(16)23-18/h3-8,15H,9-11H2,1-2H3,(H,22,23). The molecule has 0 unspecified atom stereocenters. The molecule has 1 saturated heterocycles. The summed E-state index contributed by atoms with van der Waals surface area (Å²) in [6.45, 7) is 7.02. The van der Waals surface area contributed by atoms with Crippen LogP contribution in [0.3, 0.4) is 0 Å². The molecule has 6 heteroatoms. The zero-order valence-corrected chi connectivity index (χ0v) is 14.4. The summed E-state index contributed by atoms with van der Waals surface area (Å²) in [6.07, 6.45) is 1.95. The second-order valence-corrected chi connectivity index (χ2v) is 6.97. The Morgan fingerprint density at radius 1 is 1.16 bits per heavy atom. The molecule has 25 heavy (non-hydrogen) atoms. The number of aromatic amines is 1. The van der Waals surface area contributed by atoms with Gasteiger partial charge in [-0.3, -0.25) is 4.90 Å². The van der Waals surface area contributed by atoms with E-state index in [0.717, 1.165) is 53.5 Å². The molecule has 1 aromatic carbocycles. The summed E-state index contributed by atoms with van der Waals surface area (Å²) in [7, 11) is 0. The van der Waals surface area contributed by atoms with Crippen LogP contribution in [-0.2, 0) is 6.54 Å². The fourth-order valence-electron chi connectivity index (χ4n) is 3.71. The first-order valence-electron chi connectivity index (χ1n) is 8.65. The second-order valence-electron chi connectivity index (χ2n) is 6.97. The molecule has 1 aliphatic rings. The van der Waals surface area contributed by atoms with Gasteiger partial charge in [-0.2, -0.15) is 5.10 Å². The van der Waals surface area contributed by atoms with Gasteiger partial charge in [-0.1, -0.05) is 12.1 Å². The van der Waals surface area contributed by atoms with E-state index in [2.05, 4.69) is 45.1 Å². The molecule has 1 fully saturated rings. The topological polar surface area (TPSA) is 62.1 Å². The molecule has 5 rings (SSSR count). The Morgan fingerprint density at radius 2 is 2.00 bits per heavy atom. The molecule has 0 spiro atoms. The lowest BCUT2D eigenvalue weighted by atomic mass is 9.99. The van der Waals surface area contributed by atoms with Crippen molar-refractivity contribution in [2.45, 2.75) is 26.3 Å². The number of likely N-dealkylation sites (tertiary alicyclic amines) is 1. The van der Waals surface area contributed by atoms with Crippen molar-refractivity contribution in [2.24, 2.45) is 0 Å². The van der Waals surface area contributed by atoms with Gasteiger partial charge in [0, 0.05) is 42.5 Å². The molecule has 3 aromatic heterocycles. The zero-order chi connectivity index (χ0) is 17.0. The van der Waals surface area contributed by atoms with Crippen LogP contribution in [0.2, 0.25) is 0 Å². The van der Waals surface area contributed by atoms with E-state index in [1.807, 2.05) is 29.8 Å². The van der Waals surface area contributed by atoms with Crippen molar-refractivity contribution in [3.63, 3.8) is 0 Å². The third-order valence-electron chi connectivity index (χ3n) is 5.00. The maximum absolute atomic E-state index is 4.73. The number of nitrogens with one attached hydrogen (secondary N) is 1. The smallest absolute Gasteiger partial charge is 0.159 e. The Hall–Kier alpha value is -2.73. The number of nitrogens with zero attached hydrogens (tertiary/aromatic N) is 5. The van der Waals surface area contributed by atoms with Gasteiger partial charge >= 0.3 is 0 Å². The number of hydrogen-bond donors (Lipinski definition) is 1. The van der Waals surface area contributed by atoms with Crippen molar-refractivity contribution in [1.82, 2.24) is 29.5 Å². The third-order valence-corrected chi connectivity index (χ3v) is 5.00. The van der Waals surface area contributed by atoms with Gasteiger partial charge in [-0.05, 0) is 32.0 Å². The molecule has 0 aliphatic carbocycles. The predicted molar refractivity (Wildman–Crippen MR) is 96.6 cm³/mol. The molecule has 6 nitrogen and oxygen atoms in total. The molecule has 0 bridgehead atoms. The largest absolute Gasteiger partial charge is 0.342 e. The first kappa shape index (κ1) is 14.6. The summed E-state index contributed by atoms with van der Waals surface area (Å²) in [5.74, 6) is 1.58. The van der Waals surface area contributed by atoms with Gasteiger partial charge in [0.25, 0.3) is 0 Å². The summed E-state index contributed by atoms with van der Waals surface area (Å²) in [5, 5.41) is 4.49. The lowest BCUT2D eigenvalue weighted by molar-refractivity contribution is 0.136. The number of benzene rings is 1. The van der Waals surface area contributed by atoms with Gasteiger partial charge in [0.15, 0.2) is 5.65 Å². The molecule has 0 radical (unpaired) electrons. The Balaban J connectivity index is 1.33. The van der Waals surface area contributed by atoms with Crippen molar-refractivity contribution in [3.05, 3.63) is 59.3 Å². The average Bonchev–Trinajstić information content (AvgIpc) is 3.14. The lowest BCUT2D eigenvalue weighted by Gasteiger charge is -2.37. The van der Waals surface area contributed by atoms with Crippen LogP contribution >= 0.6 is 0 Å². The number of imidazole rings is 1. The summed E-state index contributed by atoms with van der Waals surface area (Å²) >= 11 is 0. The van der Waals surface area contributed by atoms with Crippen molar-refractivity contribution in [1.29, 1.82) is 0 Å². The Labute approximate surface area is 145 Å². The van der Waals surface area contributed by atoms with Gasteiger partial charge in [0.1, 0.15) is 5.82 Å². The lowest BCUT2D eigenvalue weighted by Crippen LogP contribution is -2.44. The van der Waals surface area contributed by atoms with Gasteiger partial charge in [-0.15, -0.1) is 0 Å². The highest BCUT2D eigenvalue weighted by molar-refractivity contribution is 5.74. The van der Waals surface area contributed by atoms with Crippen LogP contribution in [-0.4, -0.2) is 42.6 Å². The van der Waals surface area contributed by atoms with Crippen molar-refractivity contribution < 1.29 is 0 Å². The van der Waals surface area contributed by atoms with Crippen LogP contribution < -0.4 is 0 Å². The van der Waals surface area contributed by atoms with Crippen molar-refractivity contribution >= 4 is 16.7 Å². The Kier molecular flexibility index (Phi) is 3.15. The van der Waals surface area contributed by atoms with Gasteiger partial charge in [0.05, 0.1) is 17.2 Å². The zero-order valence-electron chi connectivity index (χ0n) is 14.4. The summed E-state index contributed by atoms with van der Waals surface area (Å²) in [4.78, 5) is 15.3. The average molecular weight is 332 g/mol. The summed E-state index contributed by atoms with van der Waals surface area (Å²) in [5.41, 5.74) is 6.50. The van der Waals surface area contributed by atoms with Crippen LogP contribution in [0.4, 0.5) is 0 Å². The van der Waals surface area contributed by atoms with Crippen LogP contribution in [0.15, 0.2) is 36.5 Å². The van der Waals surface area contributed by atoms with E-state index in [1.165, 1.54) is 5.56 Å². The molecule has 4 heterocycles. The van der Waals surface area contributed by atoms with Gasteiger partial charge in [-0.25, -0.2) is 14.5 Å². The molecule has 1 N–H and O–H groups in total. The minimum atomic E-state index is 0.477. The normalized spacial score (nSPS) is 15.9. The summed E-state index contributed by atoms with van der Waals surface area (Å²) in [6, 6.07) is 10.3. The Morgan fingerprint density at radius 3 is 2.84 bits per heavy atom. The fraction of sp³-hybridized carbons (Fsp3) is 0.316. The molecular formula is C19H20N6.